The van der Waals surface area contributed by atoms with E-state index in [1.165, 1.54) is 0 Å². The van der Waals surface area contributed by atoms with Crippen LogP contribution in [0.4, 0.5) is 0 Å². The van der Waals surface area contributed by atoms with Gasteiger partial charge in [0.25, 0.3) is 0 Å². The highest BCUT2D eigenvalue weighted by Gasteiger charge is 2.03. The topological polar surface area (TPSA) is 33.0 Å². The first-order chi connectivity index (χ1) is 10.2. The summed E-state index contributed by atoms with van der Waals surface area (Å²) < 4.78 is 6.94. The molecule has 2 nitrogen and oxygen atoms in total. The highest BCUT2D eigenvalue weighted by Crippen LogP contribution is 2.28. The summed E-state index contributed by atoms with van der Waals surface area (Å²) in [5.41, 5.74) is 1.59. The number of nitrogens with zero attached hydrogens (tertiary/aromatic N) is 1. The van der Waals surface area contributed by atoms with Gasteiger partial charge in [0.05, 0.1) is 11.6 Å². The van der Waals surface area contributed by atoms with Crippen LogP contribution in [-0.2, 0) is 0 Å². The minimum Gasteiger partial charge on any atom is -0.457 e. The Labute approximate surface area is 131 Å². The molecule has 0 aliphatic rings. The zero-order valence-electron chi connectivity index (χ0n) is 11.4. The molecule has 0 fully saturated rings. The maximum atomic E-state index is 8.95. The van der Waals surface area contributed by atoms with Crippen molar-refractivity contribution in [2.45, 2.75) is 6.92 Å². The average Bonchev–Trinajstić information content (AvgIpc) is 2.48. The molecular weight excluding hydrogens is 326 g/mol. The molecule has 0 atom stereocenters. The monoisotopic (exact) mass is 337 g/mol. The number of halogens is 1. The highest BCUT2D eigenvalue weighted by atomic mass is 79.9. The van der Waals surface area contributed by atoms with E-state index in [1.807, 2.05) is 43.3 Å². The molecule has 3 rings (SSSR count). The first kappa shape index (κ1) is 13.7. The molecule has 0 unspecified atom stereocenters. The molecular formula is C18H12BrNO. The van der Waals surface area contributed by atoms with Crippen molar-refractivity contribution >= 4 is 26.7 Å². The van der Waals surface area contributed by atoms with Crippen molar-refractivity contribution in [3.8, 4) is 17.6 Å². The molecule has 3 aromatic carbocycles. The molecule has 0 radical (unpaired) electrons. The Morgan fingerprint density at radius 1 is 0.905 bits per heavy atom. The predicted molar refractivity (Wildman–Crippen MR) is 87.6 cm³/mol. The number of benzene rings is 3. The van der Waals surface area contributed by atoms with E-state index in [0.717, 1.165) is 32.3 Å². The molecule has 102 valence electrons. The number of fused-ring (bicyclic) bond motifs is 1. The summed E-state index contributed by atoms with van der Waals surface area (Å²) in [6.45, 7) is 1.91. The number of aryl methyl sites for hydroxylation is 1. The lowest BCUT2D eigenvalue weighted by Gasteiger charge is -2.08. The van der Waals surface area contributed by atoms with Crippen molar-refractivity contribution in [1.29, 1.82) is 5.26 Å². The highest BCUT2D eigenvalue weighted by molar-refractivity contribution is 9.10. The molecule has 3 aromatic rings. The Morgan fingerprint density at radius 2 is 1.57 bits per heavy atom. The molecule has 0 amide bonds. The van der Waals surface area contributed by atoms with Crippen LogP contribution in [0, 0.1) is 18.3 Å². The van der Waals surface area contributed by atoms with E-state index in [-0.39, 0.29) is 0 Å². The van der Waals surface area contributed by atoms with Crippen LogP contribution in [0.15, 0.2) is 59.1 Å². The summed E-state index contributed by atoms with van der Waals surface area (Å²) in [5, 5.41) is 11.2. The normalized spacial score (nSPS) is 10.3. The average molecular weight is 338 g/mol. The standard InChI is InChI=1S/C18H12BrNO/c1-12-8-17(7-4-15(12)11-20)21-18-6-3-13-9-16(19)5-2-14(13)10-18/h2-10H,1H3. The summed E-state index contributed by atoms with van der Waals surface area (Å²) in [6.07, 6.45) is 0. The van der Waals surface area contributed by atoms with Gasteiger partial charge in [0.2, 0.25) is 0 Å². The number of hydrogen-bond donors (Lipinski definition) is 0. The minimum atomic E-state index is 0.672. The quantitative estimate of drug-likeness (QED) is 0.611. The zero-order chi connectivity index (χ0) is 14.8. The van der Waals surface area contributed by atoms with E-state index in [4.69, 9.17) is 10.00 Å². The van der Waals surface area contributed by atoms with Gasteiger partial charge in [-0.3, -0.25) is 0 Å². The molecule has 0 aliphatic heterocycles. The van der Waals surface area contributed by atoms with Crippen molar-refractivity contribution < 1.29 is 4.74 Å². The van der Waals surface area contributed by atoms with Crippen LogP contribution in [0.2, 0.25) is 0 Å². The van der Waals surface area contributed by atoms with Gasteiger partial charge < -0.3 is 4.74 Å². The molecule has 3 heteroatoms. The van der Waals surface area contributed by atoms with Crippen LogP contribution in [0.1, 0.15) is 11.1 Å². The third kappa shape index (κ3) is 2.91. The maximum absolute atomic E-state index is 8.95. The fraction of sp³-hybridized carbons (Fsp3) is 0.0556. The number of rotatable bonds is 2. The summed E-state index contributed by atoms with van der Waals surface area (Å²) >= 11 is 3.47. The summed E-state index contributed by atoms with van der Waals surface area (Å²) in [7, 11) is 0. The van der Waals surface area contributed by atoms with Crippen LogP contribution in [0.5, 0.6) is 11.5 Å². The first-order valence-electron chi connectivity index (χ1n) is 6.53. The lowest BCUT2D eigenvalue weighted by atomic mass is 10.1. The number of hydrogen-bond acceptors (Lipinski definition) is 2. The fourth-order valence-electron chi connectivity index (χ4n) is 2.22. The Morgan fingerprint density at radius 3 is 2.33 bits per heavy atom. The lowest BCUT2D eigenvalue weighted by molar-refractivity contribution is 0.483. The van der Waals surface area contributed by atoms with Crippen molar-refractivity contribution in [1.82, 2.24) is 0 Å². The Hall–Kier alpha value is -2.31. The Kier molecular flexibility index (Phi) is 3.64. The van der Waals surface area contributed by atoms with Gasteiger partial charge in [0, 0.05) is 4.47 Å². The van der Waals surface area contributed by atoms with Gasteiger partial charge in [0.1, 0.15) is 11.5 Å². The fourth-order valence-corrected chi connectivity index (χ4v) is 2.60. The van der Waals surface area contributed by atoms with Gasteiger partial charge in [0.15, 0.2) is 0 Å². The van der Waals surface area contributed by atoms with Crippen LogP contribution < -0.4 is 4.74 Å². The molecule has 0 spiro atoms. The molecule has 0 bridgehead atoms. The van der Waals surface area contributed by atoms with E-state index in [2.05, 4.69) is 34.1 Å². The molecule has 0 heterocycles. The van der Waals surface area contributed by atoms with E-state index < -0.39 is 0 Å². The molecule has 0 saturated carbocycles. The van der Waals surface area contributed by atoms with Crippen molar-refractivity contribution in [3.63, 3.8) is 0 Å². The van der Waals surface area contributed by atoms with E-state index >= 15 is 0 Å². The zero-order valence-corrected chi connectivity index (χ0v) is 13.0. The largest absolute Gasteiger partial charge is 0.457 e. The summed E-state index contributed by atoms with van der Waals surface area (Å²) in [6, 6.07) is 19.8. The van der Waals surface area contributed by atoms with Gasteiger partial charge in [-0.25, -0.2) is 0 Å². The van der Waals surface area contributed by atoms with E-state index in [9.17, 15) is 0 Å². The van der Waals surface area contributed by atoms with Crippen LogP contribution >= 0.6 is 15.9 Å². The molecule has 0 saturated heterocycles. The van der Waals surface area contributed by atoms with Gasteiger partial charge in [-0.05, 0) is 65.7 Å². The predicted octanol–water partition coefficient (Wildman–Crippen LogP) is 5.57. The number of nitriles is 1. The second-order valence-electron chi connectivity index (χ2n) is 4.84. The summed E-state index contributed by atoms with van der Waals surface area (Å²) in [4.78, 5) is 0. The van der Waals surface area contributed by atoms with Crippen LogP contribution in [0.3, 0.4) is 0 Å². The van der Waals surface area contributed by atoms with Crippen LogP contribution in [-0.4, -0.2) is 0 Å². The van der Waals surface area contributed by atoms with Crippen molar-refractivity contribution in [2.24, 2.45) is 0 Å². The van der Waals surface area contributed by atoms with Gasteiger partial charge in [-0.15, -0.1) is 0 Å². The van der Waals surface area contributed by atoms with E-state index in [1.54, 1.807) is 6.07 Å². The second-order valence-corrected chi connectivity index (χ2v) is 5.76. The SMILES string of the molecule is Cc1cc(Oc2ccc3cc(Br)ccc3c2)ccc1C#N. The van der Waals surface area contributed by atoms with Gasteiger partial charge in [-0.1, -0.05) is 28.1 Å². The molecule has 0 aliphatic carbocycles. The van der Waals surface area contributed by atoms with Gasteiger partial charge in [-0.2, -0.15) is 5.26 Å². The molecule has 21 heavy (non-hydrogen) atoms. The maximum Gasteiger partial charge on any atom is 0.128 e. The summed E-state index contributed by atoms with van der Waals surface area (Å²) in [5.74, 6) is 1.52. The van der Waals surface area contributed by atoms with Crippen LogP contribution in [0.25, 0.3) is 10.8 Å². The third-order valence-electron chi connectivity index (χ3n) is 3.33. The van der Waals surface area contributed by atoms with Crippen molar-refractivity contribution in [3.05, 3.63) is 70.2 Å². The van der Waals surface area contributed by atoms with Crippen molar-refractivity contribution in [2.75, 3.05) is 0 Å². The van der Waals surface area contributed by atoms with Gasteiger partial charge >= 0.3 is 0 Å². The Balaban J connectivity index is 1.93. The molecule has 0 N–H and O–H groups in total. The first-order valence-corrected chi connectivity index (χ1v) is 7.33. The second kappa shape index (κ2) is 5.59. The smallest absolute Gasteiger partial charge is 0.128 e. The van der Waals surface area contributed by atoms with E-state index in [0.29, 0.717) is 5.56 Å². The Bertz CT molecular complexity index is 865. The third-order valence-corrected chi connectivity index (χ3v) is 3.82. The minimum absolute atomic E-state index is 0.672. The molecule has 0 aromatic heterocycles. The number of ether oxygens (including phenoxy) is 1. The lowest BCUT2D eigenvalue weighted by Crippen LogP contribution is -1.87.